The van der Waals surface area contributed by atoms with Crippen molar-refractivity contribution in [3.63, 3.8) is 0 Å². The van der Waals surface area contributed by atoms with Crippen LogP contribution in [0.4, 0.5) is 0 Å². The van der Waals surface area contributed by atoms with Crippen molar-refractivity contribution in [1.82, 2.24) is 9.47 Å². The first-order valence-corrected chi connectivity index (χ1v) is 8.01. The minimum Gasteiger partial charge on any atom is -0.343 e. The van der Waals surface area contributed by atoms with Gasteiger partial charge in [-0.1, -0.05) is 23.2 Å². The molecule has 0 aliphatic carbocycles. The van der Waals surface area contributed by atoms with Gasteiger partial charge in [-0.05, 0) is 52.7 Å². The zero-order valence-corrected chi connectivity index (χ0v) is 14.8. The quantitative estimate of drug-likeness (QED) is 0.733. The Labute approximate surface area is 142 Å². The standard InChI is InChI=1S/C15H15BrCl2N2O/c1-3-20-9-11(16)6-14(20)15(21)19(2)8-10-4-12(17)7-13(18)5-10/h4-7,9H,3,8H2,1-2H3. The fourth-order valence-electron chi connectivity index (χ4n) is 2.16. The van der Waals surface area contributed by atoms with Gasteiger partial charge in [-0.3, -0.25) is 4.79 Å². The molecule has 0 saturated heterocycles. The summed E-state index contributed by atoms with van der Waals surface area (Å²) in [5.74, 6) is -0.0429. The normalized spacial score (nSPS) is 10.7. The molecule has 0 fully saturated rings. The van der Waals surface area contributed by atoms with Crippen molar-refractivity contribution >= 4 is 45.0 Å². The molecule has 6 heteroatoms. The van der Waals surface area contributed by atoms with E-state index in [0.29, 0.717) is 22.3 Å². The van der Waals surface area contributed by atoms with Crippen LogP contribution in [0.2, 0.25) is 10.0 Å². The Morgan fingerprint density at radius 2 is 1.86 bits per heavy atom. The lowest BCUT2D eigenvalue weighted by molar-refractivity contribution is 0.0774. The number of benzene rings is 1. The lowest BCUT2D eigenvalue weighted by Gasteiger charge is -2.18. The van der Waals surface area contributed by atoms with E-state index in [4.69, 9.17) is 23.2 Å². The summed E-state index contributed by atoms with van der Waals surface area (Å²) in [5.41, 5.74) is 1.55. The maximum Gasteiger partial charge on any atom is 0.270 e. The predicted molar refractivity (Wildman–Crippen MR) is 90.1 cm³/mol. The second kappa shape index (κ2) is 6.86. The molecule has 0 unspecified atom stereocenters. The van der Waals surface area contributed by atoms with Crippen molar-refractivity contribution in [2.75, 3.05) is 7.05 Å². The predicted octanol–water partition coefficient (Wildman–Crippen LogP) is 4.85. The second-order valence-corrected chi connectivity index (χ2v) is 6.56. The Kier molecular flexibility index (Phi) is 5.36. The number of amides is 1. The van der Waals surface area contributed by atoms with Crippen molar-refractivity contribution in [3.8, 4) is 0 Å². The summed E-state index contributed by atoms with van der Waals surface area (Å²) in [6.07, 6.45) is 1.90. The lowest BCUT2D eigenvalue weighted by atomic mass is 10.2. The van der Waals surface area contributed by atoms with Crippen LogP contribution in [0.3, 0.4) is 0 Å². The van der Waals surface area contributed by atoms with Gasteiger partial charge in [-0.15, -0.1) is 0 Å². The van der Waals surface area contributed by atoms with E-state index in [2.05, 4.69) is 15.9 Å². The van der Waals surface area contributed by atoms with Crippen LogP contribution in [-0.2, 0) is 13.1 Å². The van der Waals surface area contributed by atoms with Crippen molar-refractivity contribution < 1.29 is 4.79 Å². The molecule has 1 aromatic heterocycles. The minimum absolute atomic E-state index is 0.0429. The highest BCUT2D eigenvalue weighted by atomic mass is 79.9. The van der Waals surface area contributed by atoms with Crippen LogP contribution >= 0.6 is 39.1 Å². The van der Waals surface area contributed by atoms with Crippen LogP contribution in [0.1, 0.15) is 23.0 Å². The van der Waals surface area contributed by atoms with Crippen LogP contribution in [0.15, 0.2) is 34.9 Å². The molecule has 1 amide bonds. The van der Waals surface area contributed by atoms with Gasteiger partial charge in [0.25, 0.3) is 5.91 Å². The third-order valence-electron chi connectivity index (χ3n) is 3.11. The van der Waals surface area contributed by atoms with Crippen LogP contribution in [0.25, 0.3) is 0 Å². The highest BCUT2D eigenvalue weighted by molar-refractivity contribution is 9.10. The second-order valence-electron chi connectivity index (χ2n) is 4.77. The summed E-state index contributed by atoms with van der Waals surface area (Å²) in [5, 5.41) is 1.14. The summed E-state index contributed by atoms with van der Waals surface area (Å²) >= 11 is 15.4. The Hall–Kier alpha value is -0.970. The number of rotatable bonds is 4. The zero-order chi connectivity index (χ0) is 15.6. The van der Waals surface area contributed by atoms with E-state index < -0.39 is 0 Å². The summed E-state index contributed by atoms with van der Waals surface area (Å²) in [6, 6.07) is 7.12. The molecule has 0 N–H and O–H groups in total. The molecule has 0 saturated carbocycles. The molecule has 1 heterocycles. The highest BCUT2D eigenvalue weighted by Crippen LogP contribution is 2.21. The number of carbonyl (C=O) groups excluding carboxylic acids is 1. The highest BCUT2D eigenvalue weighted by Gasteiger charge is 2.17. The molecule has 0 aliphatic rings. The maximum absolute atomic E-state index is 12.5. The lowest BCUT2D eigenvalue weighted by Crippen LogP contribution is -2.28. The Balaban J connectivity index is 2.19. The topological polar surface area (TPSA) is 25.2 Å². The molecule has 0 aliphatic heterocycles. The summed E-state index contributed by atoms with van der Waals surface area (Å²) in [7, 11) is 1.76. The third-order valence-corrected chi connectivity index (χ3v) is 3.98. The van der Waals surface area contributed by atoms with Gasteiger partial charge in [0.1, 0.15) is 5.69 Å². The van der Waals surface area contributed by atoms with Crippen molar-refractivity contribution in [3.05, 3.63) is 56.2 Å². The van der Waals surface area contributed by atoms with Gasteiger partial charge in [-0.25, -0.2) is 0 Å². The van der Waals surface area contributed by atoms with Crippen LogP contribution < -0.4 is 0 Å². The molecule has 3 nitrogen and oxygen atoms in total. The Morgan fingerprint density at radius 1 is 1.24 bits per heavy atom. The molecule has 0 atom stereocenters. The minimum atomic E-state index is -0.0429. The van der Waals surface area contributed by atoms with Gasteiger partial charge in [0.05, 0.1) is 0 Å². The maximum atomic E-state index is 12.5. The van der Waals surface area contributed by atoms with Gasteiger partial charge in [-0.2, -0.15) is 0 Å². The first kappa shape index (κ1) is 16.4. The molecule has 0 spiro atoms. The van der Waals surface area contributed by atoms with Crippen LogP contribution in [0.5, 0.6) is 0 Å². The molecule has 0 bridgehead atoms. The first-order valence-electron chi connectivity index (χ1n) is 6.46. The SMILES string of the molecule is CCn1cc(Br)cc1C(=O)N(C)Cc1cc(Cl)cc(Cl)c1. The number of carbonyl (C=O) groups is 1. The molecule has 0 radical (unpaired) electrons. The third kappa shape index (κ3) is 4.02. The van der Waals surface area contributed by atoms with Crippen molar-refractivity contribution in [2.24, 2.45) is 0 Å². The van der Waals surface area contributed by atoms with E-state index in [9.17, 15) is 4.79 Å². The average molecular weight is 390 g/mol. The van der Waals surface area contributed by atoms with Crippen LogP contribution in [-0.4, -0.2) is 22.4 Å². The van der Waals surface area contributed by atoms with E-state index in [1.807, 2.05) is 35.9 Å². The molecule has 21 heavy (non-hydrogen) atoms. The van der Waals surface area contributed by atoms with Gasteiger partial charge >= 0.3 is 0 Å². The summed E-state index contributed by atoms with van der Waals surface area (Å²) < 4.78 is 2.81. The molecular weight excluding hydrogens is 375 g/mol. The fraction of sp³-hybridized carbons (Fsp3) is 0.267. The fourth-order valence-corrected chi connectivity index (χ4v) is 3.19. The van der Waals surface area contributed by atoms with E-state index in [0.717, 1.165) is 16.6 Å². The molecule has 2 rings (SSSR count). The number of aromatic nitrogens is 1. The molecule has 1 aromatic carbocycles. The van der Waals surface area contributed by atoms with E-state index in [1.165, 1.54) is 0 Å². The van der Waals surface area contributed by atoms with Crippen molar-refractivity contribution in [2.45, 2.75) is 20.0 Å². The monoisotopic (exact) mass is 388 g/mol. The molecular formula is C15H15BrCl2N2O. The molecule has 112 valence electrons. The van der Waals surface area contributed by atoms with Gasteiger partial charge in [0.15, 0.2) is 0 Å². The van der Waals surface area contributed by atoms with Gasteiger partial charge in [0, 0.05) is 40.9 Å². The molecule has 2 aromatic rings. The number of hydrogen-bond acceptors (Lipinski definition) is 1. The largest absolute Gasteiger partial charge is 0.343 e. The Bertz CT molecular complexity index is 649. The van der Waals surface area contributed by atoms with E-state index >= 15 is 0 Å². The zero-order valence-electron chi connectivity index (χ0n) is 11.7. The smallest absolute Gasteiger partial charge is 0.270 e. The summed E-state index contributed by atoms with van der Waals surface area (Å²) in [4.78, 5) is 14.2. The first-order chi connectivity index (χ1) is 9.90. The van der Waals surface area contributed by atoms with Gasteiger partial charge in [0.2, 0.25) is 0 Å². The average Bonchev–Trinajstić information content (AvgIpc) is 2.77. The number of aryl methyl sites for hydroxylation is 1. The van der Waals surface area contributed by atoms with E-state index in [-0.39, 0.29) is 5.91 Å². The van der Waals surface area contributed by atoms with Crippen LogP contribution in [0, 0.1) is 0 Å². The number of halogens is 3. The van der Waals surface area contributed by atoms with Crippen molar-refractivity contribution in [1.29, 1.82) is 0 Å². The van der Waals surface area contributed by atoms with Gasteiger partial charge < -0.3 is 9.47 Å². The number of hydrogen-bond donors (Lipinski definition) is 0. The number of nitrogens with zero attached hydrogens (tertiary/aromatic N) is 2. The summed E-state index contributed by atoms with van der Waals surface area (Å²) in [6.45, 7) is 3.19. The Morgan fingerprint density at radius 3 is 2.43 bits per heavy atom. The van der Waals surface area contributed by atoms with E-state index in [1.54, 1.807) is 18.0 Å².